The summed E-state index contributed by atoms with van der Waals surface area (Å²) >= 11 is 1.17. The summed E-state index contributed by atoms with van der Waals surface area (Å²) in [7, 11) is 0. The second-order valence-corrected chi connectivity index (χ2v) is 3.44. The molecule has 1 aromatic carbocycles. The van der Waals surface area contributed by atoms with Gasteiger partial charge < -0.3 is 5.73 Å². The van der Waals surface area contributed by atoms with Gasteiger partial charge in [0, 0.05) is 0 Å². The highest BCUT2D eigenvalue weighted by molar-refractivity contribution is 7.09. The van der Waals surface area contributed by atoms with Gasteiger partial charge >= 0.3 is 0 Å². The van der Waals surface area contributed by atoms with E-state index in [0.29, 0.717) is 0 Å². The Balaban J connectivity index is 2.52. The molecule has 0 saturated heterocycles. The van der Waals surface area contributed by atoms with E-state index < -0.39 is 5.91 Å². The van der Waals surface area contributed by atoms with Gasteiger partial charge in [-0.1, -0.05) is 34.8 Å². The zero-order chi connectivity index (χ0) is 9.97. The van der Waals surface area contributed by atoms with Crippen molar-refractivity contribution in [1.29, 1.82) is 0 Å². The third kappa shape index (κ3) is 1.49. The molecule has 14 heavy (non-hydrogen) atoms. The molecule has 2 rings (SSSR count). The summed E-state index contributed by atoms with van der Waals surface area (Å²) in [6.45, 7) is 0. The number of amides is 1. The van der Waals surface area contributed by atoms with E-state index in [1.807, 2.05) is 30.3 Å². The van der Waals surface area contributed by atoms with Crippen LogP contribution in [0.25, 0.3) is 10.4 Å². The van der Waals surface area contributed by atoms with Crippen LogP contribution in [0, 0.1) is 0 Å². The van der Waals surface area contributed by atoms with Crippen LogP contribution in [0.4, 0.5) is 0 Å². The summed E-state index contributed by atoms with van der Waals surface area (Å²) in [5, 5.41) is 3.69. The fourth-order valence-electron chi connectivity index (χ4n) is 1.13. The number of carbonyl (C=O) groups excluding carboxylic acids is 1. The molecule has 1 heterocycles. The number of carbonyl (C=O) groups is 1. The second-order valence-electron chi connectivity index (χ2n) is 2.68. The number of primary amides is 1. The standard InChI is InChI=1S/C9H7N3OS/c10-9(13)7-8(14-12-11-7)6-4-2-1-3-5-6/h1-5H,(H2,10,13). The van der Waals surface area contributed by atoms with Crippen molar-refractivity contribution in [2.75, 3.05) is 0 Å². The lowest BCUT2D eigenvalue weighted by molar-refractivity contribution is 0.0996. The summed E-state index contributed by atoms with van der Waals surface area (Å²) in [5.74, 6) is -0.544. The van der Waals surface area contributed by atoms with Crippen LogP contribution in [0.3, 0.4) is 0 Å². The number of hydrogen-bond acceptors (Lipinski definition) is 4. The van der Waals surface area contributed by atoms with Crippen LogP contribution in [0.5, 0.6) is 0 Å². The molecule has 0 radical (unpaired) electrons. The number of benzene rings is 1. The Bertz CT molecular complexity index is 452. The third-order valence-electron chi connectivity index (χ3n) is 1.76. The first-order chi connectivity index (χ1) is 6.79. The molecule has 0 saturated carbocycles. The van der Waals surface area contributed by atoms with Crippen molar-refractivity contribution in [3.63, 3.8) is 0 Å². The molecule has 0 fully saturated rings. The minimum absolute atomic E-state index is 0.237. The maximum atomic E-state index is 11.0. The molecule has 0 unspecified atom stereocenters. The average molecular weight is 205 g/mol. The van der Waals surface area contributed by atoms with Crippen LogP contribution < -0.4 is 5.73 Å². The van der Waals surface area contributed by atoms with E-state index >= 15 is 0 Å². The van der Waals surface area contributed by atoms with Crippen LogP contribution in [0.1, 0.15) is 10.5 Å². The Hall–Kier alpha value is -1.75. The number of rotatable bonds is 2. The SMILES string of the molecule is NC(=O)c1nnsc1-c1ccccc1. The van der Waals surface area contributed by atoms with Gasteiger partial charge in [0.25, 0.3) is 5.91 Å². The van der Waals surface area contributed by atoms with Gasteiger partial charge in [0.1, 0.15) is 0 Å². The zero-order valence-electron chi connectivity index (χ0n) is 7.18. The highest BCUT2D eigenvalue weighted by atomic mass is 32.1. The largest absolute Gasteiger partial charge is 0.364 e. The third-order valence-corrected chi connectivity index (χ3v) is 2.53. The van der Waals surface area contributed by atoms with Gasteiger partial charge in [0.15, 0.2) is 5.69 Å². The van der Waals surface area contributed by atoms with Gasteiger partial charge in [-0.2, -0.15) is 0 Å². The molecule has 0 spiro atoms. The molecule has 0 atom stereocenters. The van der Waals surface area contributed by atoms with Crippen LogP contribution >= 0.6 is 11.5 Å². The fraction of sp³-hybridized carbons (Fsp3) is 0. The van der Waals surface area contributed by atoms with Crippen molar-refractivity contribution in [3.8, 4) is 10.4 Å². The molecule has 0 aliphatic carbocycles. The molecule has 2 N–H and O–H groups in total. The number of aromatic nitrogens is 2. The summed E-state index contributed by atoms with van der Waals surface area (Å²) in [4.78, 5) is 11.7. The molecule has 0 bridgehead atoms. The van der Waals surface area contributed by atoms with E-state index in [2.05, 4.69) is 9.59 Å². The Morgan fingerprint density at radius 2 is 2.00 bits per heavy atom. The number of nitrogens with zero attached hydrogens (tertiary/aromatic N) is 2. The van der Waals surface area contributed by atoms with Crippen molar-refractivity contribution in [1.82, 2.24) is 9.59 Å². The molecule has 1 amide bonds. The lowest BCUT2D eigenvalue weighted by Crippen LogP contribution is -2.12. The Kier molecular flexibility index (Phi) is 2.24. The monoisotopic (exact) mass is 205 g/mol. The van der Waals surface area contributed by atoms with Gasteiger partial charge in [0.05, 0.1) is 4.88 Å². The van der Waals surface area contributed by atoms with Crippen molar-refractivity contribution < 1.29 is 4.79 Å². The molecule has 0 aliphatic heterocycles. The van der Waals surface area contributed by atoms with Crippen LogP contribution in [0.2, 0.25) is 0 Å². The lowest BCUT2D eigenvalue weighted by Gasteiger charge is -1.96. The number of hydrogen-bond donors (Lipinski definition) is 1. The number of nitrogens with two attached hydrogens (primary N) is 1. The van der Waals surface area contributed by atoms with Crippen molar-refractivity contribution >= 4 is 17.4 Å². The van der Waals surface area contributed by atoms with Crippen molar-refractivity contribution in [2.24, 2.45) is 5.73 Å². The smallest absolute Gasteiger partial charge is 0.270 e. The Morgan fingerprint density at radius 1 is 1.29 bits per heavy atom. The summed E-state index contributed by atoms with van der Waals surface area (Å²) in [6, 6.07) is 9.46. The lowest BCUT2D eigenvalue weighted by atomic mass is 10.1. The van der Waals surface area contributed by atoms with E-state index in [4.69, 9.17) is 5.73 Å². The van der Waals surface area contributed by atoms with Crippen LogP contribution in [0.15, 0.2) is 30.3 Å². The van der Waals surface area contributed by atoms with E-state index in [1.165, 1.54) is 11.5 Å². The van der Waals surface area contributed by atoms with Crippen molar-refractivity contribution in [2.45, 2.75) is 0 Å². The fourth-order valence-corrected chi connectivity index (χ4v) is 1.80. The van der Waals surface area contributed by atoms with Gasteiger partial charge in [-0.15, -0.1) is 5.10 Å². The van der Waals surface area contributed by atoms with E-state index in [0.717, 1.165) is 10.4 Å². The van der Waals surface area contributed by atoms with Crippen LogP contribution in [-0.2, 0) is 0 Å². The molecule has 70 valence electrons. The van der Waals surface area contributed by atoms with Gasteiger partial charge in [-0.3, -0.25) is 4.79 Å². The Morgan fingerprint density at radius 3 is 2.64 bits per heavy atom. The van der Waals surface area contributed by atoms with E-state index in [-0.39, 0.29) is 5.69 Å². The Labute approximate surface area is 84.5 Å². The van der Waals surface area contributed by atoms with Gasteiger partial charge in [0.2, 0.25) is 0 Å². The molecule has 4 nitrogen and oxygen atoms in total. The normalized spacial score (nSPS) is 10.0. The predicted octanol–water partition coefficient (Wildman–Crippen LogP) is 1.30. The highest BCUT2D eigenvalue weighted by Gasteiger charge is 2.14. The topological polar surface area (TPSA) is 68.9 Å². The average Bonchev–Trinajstić information content (AvgIpc) is 2.67. The zero-order valence-corrected chi connectivity index (χ0v) is 7.99. The molecule has 5 heteroatoms. The summed E-state index contributed by atoms with van der Waals surface area (Å²) < 4.78 is 3.71. The second kappa shape index (κ2) is 3.55. The first-order valence-electron chi connectivity index (χ1n) is 3.96. The van der Waals surface area contributed by atoms with E-state index in [1.54, 1.807) is 0 Å². The molecule has 1 aromatic heterocycles. The summed E-state index contributed by atoms with van der Waals surface area (Å²) in [6.07, 6.45) is 0. The minimum atomic E-state index is -0.544. The van der Waals surface area contributed by atoms with E-state index in [9.17, 15) is 4.79 Å². The van der Waals surface area contributed by atoms with Crippen LogP contribution in [-0.4, -0.2) is 15.5 Å². The summed E-state index contributed by atoms with van der Waals surface area (Å²) in [5.41, 5.74) is 6.31. The first-order valence-corrected chi connectivity index (χ1v) is 4.74. The highest BCUT2D eigenvalue weighted by Crippen LogP contribution is 2.24. The van der Waals surface area contributed by atoms with Crippen molar-refractivity contribution in [3.05, 3.63) is 36.0 Å². The maximum Gasteiger partial charge on any atom is 0.270 e. The van der Waals surface area contributed by atoms with Gasteiger partial charge in [-0.25, -0.2) is 0 Å². The molecule has 2 aromatic rings. The predicted molar refractivity (Wildman–Crippen MR) is 53.9 cm³/mol. The van der Waals surface area contributed by atoms with Gasteiger partial charge in [-0.05, 0) is 17.1 Å². The molecule has 0 aliphatic rings. The first kappa shape index (κ1) is 8.83. The maximum absolute atomic E-state index is 11.0. The molecular weight excluding hydrogens is 198 g/mol. The minimum Gasteiger partial charge on any atom is -0.364 e. The molecular formula is C9H7N3OS. The quantitative estimate of drug-likeness (QED) is 0.803.